The van der Waals surface area contributed by atoms with E-state index in [9.17, 15) is 19.5 Å². The Hall–Kier alpha value is -2.56. The summed E-state index contributed by atoms with van der Waals surface area (Å²) in [7, 11) is 0. The number of anilines is 1. The molecule has 2 atom stereocenters. The molecule has 0 fully saturated rings. The molecule has 0 saturated heterocycles. The molecule has 2 unspecified atom stereocenters. The Balaban J connectivity index is 1.81. The number of carbonyl (C=O) groups is 3. The number of carboxylic acids is 2. The molecule has 0 bridgehead atoms. The smallest absolute Gasteiger partial charge is 0.336 e. The topological polar surface area (TPSA) is 134 Å². The first kappa shape index (κ1) is 33.6. The van der Waals surface area contributed by atoms with Crippen LogP contribution in [0.3, 0.4) is 0 Å². The predicted molar refractivity (Wildman–Crippen MR) is 156 cm³/mol. The van der Waals surface area contributed by atoms with E-state index in [-0.39, 0.29) is 6.61 Å². The fourth-order valence-corrected chi connectivity index (χ4v) is 4.26. The number of aryl methyl sites for hydroxylation is 2. The number of amides is 1. The number of nitrogens with one attached hydrogen (secondary N) is 2. The number of rotatable bonds is 19. The quantitative estimate of drug-likeness (QED) is 0.149. The van der Waals surface area contributed by atoms with Crippen molar-refractivity contribution in [3.8, 4) is 0 Å². The number of carbonyl (C=O) groups excluding carboxylic acids is 1. The molecule has 0 spiro atoms. The highest BCUT2D eigenvalue weighted by atomic mass is 35.5. The Labute approximate surface area is 249 Å². The SMILES string of the molecule is Cc1ccc(NCCCCOC(C(=O)NCCCCCc2ccc(Cl)c(Cl)c2)C(OCC(=O)O)C(=O)O)cc1Cl. The number of benzene rings is 2. The van der Waals surface area contributed by atoms with Gasteiger partial charge in [0.25, 0.3) is 5.91 Å². The van der Waals surface area contributed by atoms with Crippen LogP contribution in [0, 0.1) is 6.92 Å². The van der Waals surface area contributed by atoms with E-state index in [0.717, 1.165) is 36.1 Å². The zero-order valence-corrected chi connectivity index (χ0v) is 24.5. The second-order valence-corrected chi connectivity index (χ2v) is 10.4. The number of ether oxygens (including phenoxy) is 2. The number of hydrogen-bond donors (Lipinski definition) is 4. The lowest BCUT2D eigenvalue weighted by molar-refractivity contribution is -0.172. The van der Waals surface area contributed by atoms with Gasteiger partial charge in [-0.3, -0.25) is 4.79 Å². The number of halogens is 3. The summed E-state index contributed by atoms with van der Waals surface area (Å²) in [5.41, 5.74) is 2.91. The second kappa shape index (κ2) is 18.0. The zero-order valence-electron chi connectivity index (χ0n) is 22.3. The van der Waals surface area contributed by atoms with E-state index in [0.29, 0.717) is 47.4 Å². The Morgan fingerprint density at radius 2 is 1.57 bits per heavy atom. The van der Waals surface area contributed by atoms with Crippen molar-refractivity contribution < 1.29 is 34.1 Å². The summed E-state index contributed by atoms with van der Waals surface area (Å²) >= 11 is 18.1. The van der Waals surface area contributed by atoms with Crippen LogP contribution in [0.2, 0.25) is 15.1 Å². The minimum Gasteiger partial charge on any atom is -0.480 e. The van der Waals surface area contributed by atoms with Crippen molar-refractivity contribution in [2.75, 3.05) is 31.6 Å². The van der Waals surface area contributed by atoms with Crippen LogP contribution in [0.15, 0.2) is 36.4 Å². The number of unbranched alkanes of at least 4 members (excludes halogenated alkanes) is 3. The van der Waals surface area contributed by atoms with E-state index in [2.05, 4.69) is 10.6 Å². The molecular formula is C28H35Cl3N2O7. The standard InChI is InChI=1S/C28H35Cl3N2O7/c1-18-8-10-20(16-22(18)30)32-12-5-6-14-39-25(26(28(37)38)40-17-24(34)35)27(36)33-13-4-2-3-7-19-9-11-21(29)23(31)15-19/h8-11,15-16,25-26,32H,2-7,12-14,17H2,1H3,(H,33,36)(H,34,35)(H,37,38). The molecule has 0 radical (unpaired) electrons. The molecule has 220 valence electrons. The van der Waals surface area contributed by atoms with Gasteiger partial charge in [0, 0.05) is 30.4 Å². The molecule has 1 amide bonds. The second-order valence-electron chi connectivity index (χ2n) is 9.20. The summed E-state index contributed by atoms with van der Waals surface area (Å²) in [6.07, 6.45) is 1.05. The maximum Gasteiger partial charge on any atom is 0.336 e. The molecule has 0 saturated carbocycles. The van der Waals surface area contributed by atoms with E-state index < -0.39 is 36.7 Å². The minimum absolute atomic E-state index is 0.0816. The summed E-state index contributed by atoms with van der Waals surface area (Å²) in [5, 5.41) is 26.1. The monoisotopic (exact) mass is 616 g/mol. The van der Waals surface area contributed by atoms with E-state index in [1.807, 2.05) is 37.3 Å². The van der Waals surface area contributed by atoms with E-state index in [1.54, 1.807) is 6.07 Å². The van der Waals surface area contributed by atoms with Gasteiger partial charge in [-0.25, -0.2) is 9.59 Å². The first-order chi connectivity index (χ1) is 19.1. The van der Waals surface area contributed by atoms with Gasteiger partial charge in [0.05, 0.1) is 10.0 Å². The molecule has 12 heteroatoms. The Bertz CT molecular complexity index is 1130. The van der Waals surface area contributed by atoms with Gasteiger partial charge < -0.3 is 30.3 Å². The van der Waals surface area contributed by atoms with E-state index >= 15 is 0 Å². The van der Waals surface area contributed by atoms with Crippen molar-refractivity contribution in [2.45, 2.75) is 57.7 Å². The lowest BCUT2D eigenvalue weighted by Gasteiger charge is -2.23. The zero-order chi connectivity index (χ0) is 29.5. The van der Waals surface area contributed by atoms with Gasteiger partial charge in [-0.1, -0.05) is 53.4 Å². The van der Waals surface area contributed by atoms with Gasteiger partial charge in [0.15, 0.2) is 12.2 Å². The molecule has 40 heavy (non-hydrogen) atoms. The molecule has 2 aromatic rings. The maximum absolute atomic E-state index is 12.8. The normalized spacial score (nSPS) is 12.5. The van der Waals surface area contributed by atoms with Gasteiger partial charge in [0.2, 0.25) is 0 Å². The summed E-state index contributed by atoms with van der Waals surface area (Å²) in [6.45, 7) is 2.04. The molecule has 0 aliphatic carbocycles. The van der Waals surface area contributed by atoms with Gasteiger partial charge in [0.1, 0.15) is 6.61 Å². The molecule has 2 aromatic carbocycles. The predicted octanol–water partition coefficient (Wildman–Crippen LogP) is 5.62. The molecule has 0 aliphatic heterocycles. The van der Waals surface area contributed by atoms with Crippen LogP contribution in [0.25, 0.3) is 0 Å². The number of aliphatic carboxylic acids is 2. The number of carboxylic acid groups (broad SMARTS) is 2. The summed E-state index contributed by atoms with van der Waals surface area (Å²) in [6, 6.07) is 11.2. The van der Waals surface area contributed by atoms with Crippen LogP contribution in [0.1, 0.15) is 43.2 Å². The van der Waals surface area contributed by atoms with Crippen molar-refractivity contribution in [2.24, 2.45) is 0 Å². The molecule has 9 nitrogen and oxygen atoms in total. The summed E-state index contributed by atoms with van der Waals surface area (Å²) in [4.78, 5) is 35.6. The van der Waals surface area contributed by atoms with Crippen molar-refractivity contribution in [3.05, 3.63) is 62.6 Å². The highest BCUT2D eigenvalue weighted by molar-refractivity contribution is 6.42. The average molecular weight is 618 g/mol. The minimum atomic E-state index is -1.77. The lowest BCUT2D eigenvalue weighted by atomic mass is 10.1. The van der Waals surface area contributed by atoms with Crippen LogP contribution in [-0.2, 0) is 30.3 Å². The first-order valence-electron chi connectivity index (χ1n) is 13.0. The van der Waals surface area contributed by atoms with Crippen LogP contribution in [0.5, 0.6) is 0 Å². The highest BCUT2D eigenvalue weighted by Gasteiger charge is 2.36. The highest BCUT2D eigenvalue weighted by Crippen LogP contribution is 2.23. The largest absolute Gasteiger partial charge is 0.480 e. The fourth-order valence-electron chi connectivity index (χ4n) is 3.76. The van der Waals surface area contributed by atoms with Crippen molar-refractivity contribution in [1.82, 2.24) is 5.32 Å². The molecular weight excluding hydrogens is 583 g/mol. The summed E-state index contributed by atoms with van der Waals surface area (Å²) < 4.78 is 10.6. The fraction of sp³-hybridized carbons (Fsp3) is 0.464. The number of hydrogen-bond acceptors (Lipinski definition) is 6. The summed E-state index contributed by atoms with van der Waals surface area (Å²) in [5.74, 6) is -3.51. The molecule has 0 heterocycles. The van der Waals surface area contributed by atoms with Gasteiger partial charge in [-0.05, 0) is 74.4 Å². The van der Waals surface area contributed by atoms with Gasteiger partial charge in [-0.15, -0.1) is 0 Å². The molecule has 0 aromatic heterocycles. The average Bonchev–Trinajstić information content (AvgIpc) is 2.90. The maximum atomic E-state index is 12.8. The Kier molecular flexibility index (Phi) is 15.1. The first-order valence-corrected chi connectivity index (χ1v) is 14.1. The molecule has 2 rings (SSSR count). The van der Waals surface area contributed by atoms with E-state index in [1.165, 1.54) is 0 Å². The van der Waals surface area contributed by atoms with Crippen molar-refractivity contribution in [1.29, 1.82) is 0 Å². The van der Waals surface area contributed by atoms with Crippen molar-refractivity contribution in [3.63, 3.8) is 0 Å². The molecule has 4 N–H and O–H groups in total. The third-order valence-corrected chi connectivity index (χ3v) is 7.10. The Morgan fingerprint density at radius 1 is 0.825 bits per heavy atom. The van der Waals surface area contributed by atoms with Crippen LogP contribution in [0.4, 0.5) is 5.69 Å². The third kappa shape index (κ3) is 12.3. The third-order valence-electron chi connectivity index (χ3n) is 5.96. The van der Waals surface area contributed by atoms with Gasteiger partial charge in [-0.2, -0.15) is 0 Å². The van der Waals surface area contributed by atoms with Gasteiger partial charge >= 0.3 is 11.9 Å². The van der Waals surface area contributed by atoms with Crippen LogP contribution < -0.4 is 10.6 Å². The lowest BCUT2D eigenvalue weighted by Crippen LogP contribution is -2.49. The Morgan fingerprint density at radius 3 is 2.25 bits per heavy atom. The molecule has 0 aliphatic rings. The van der Waals surface area contributed by atoms with Crippen LogP contribution >= 0.6 is 34.8 Å². The van der Waals surface area contributed by atoms with Crippen molar-refractivity contribution >= 4 is 58.3 Å². The van der Waals surface area contributed by atoms with Crippen LogP contribution in [-0.4, -0.2) is 66.6 Å². The van der Waals surface area contributed by atoms with E-state index in [4.69, 9.17) is 49.4 Å².